The molecule has 0 aliphatic carbocycles. The van der Waals surface area contributed by atoms with Crippen LogP contribution in [0.5, 0.6) is 0 Å². The number of hydrogen-bond acceptors (Lipinski definition) is 9. The minimum atomic E-state index is -3.28. The van der Waals surface area contributed by atoms with Gasteiger partial charge in [0.2, 0.25) is 5.95 Å². The lowest BCUT2D eigenvalue weighted by molar-refractivity contribution is 0.0220. The standard InChI is InChI=1S/C24H34N4O6S/c1-24(2,3)34-23(29)28-10-9-19-15-25-22(27-21(19)16-28)26-20-7-5-18(6-8-20)17-35(30,31)14-13-33-12-11-32-4/h5-8,15H,9-14,16-17H2,1-4H3,(H,25,26,27). The number of anilines is 2. The molecule has 0 unspecified atom stereocenters. The van der Waals surface area contributed by atoms with Gasteiger partial charge >= 0.3 is 6.09 Å². The molecule has 1 aromatic heterocycles. The van der Waals surface area contributed by atoms with Gasteiger partial charge in [0.25, 0.3) is 0 Å². The number of methoxy groups -OCH3 is 1. The highest BCUT2D eigenvalue weighted by Gasteiger charge is 2.26. The number of nitrogens with one attached hydrogen (secondary N) is 1. The molecule has 11 heteroatoms. The zero-order chi connectivity index (χ0) is 25.5. The minimum absolute atomic E-state index is 0.0417. The van der Waals surface area contributed by atoms with E-state index in [1.807, 2.05) is 20.8 Å². The normalized spacial score (nSPS) is 13.9. The Bertz CT molecular complexity index is 1100. The van der Waals surface area contributed by atoms with E-state index in [4.69, 9.17) is 14.2 Å². The molecule has 192 valence electrons. The van der Waals surface area contributed by atoms with E-state index in [9.17, 15) is 13.2 Å². The Hall–Kier alpha value is -2.76. The zero-order valence-corrected chi connectivity index (χ0v) is 21.6. The third-order valence-corrected chi connectivity index (χ3v) is 6.73. The van der Waals surface area contributed by atoms with Gasteiger partial charge in [0.15, 0.2) is 9.84 Å². The van der Waals surface area contributed by atoms with E-state index >= 15 is 0 Å². The number of amides is 1. The molecule has 0 spiro atoms. The van der Waals surface area contributed by atoms with Crippen LogP contribution in [0.2, 0.25) is 0 Å². The van der Waals surface area contributed by atoms with Gasteiger partial charge in [-0.15, -0.1) is 0 Å². The summed E-state index contributed by atoms with van der Waals surface area (Å²) >= 11 is 0. The number of benzene rings is 1. The maximum atomic E-state index is 12.4. The van der Waals surface area contributed by atoms with E-state index < -0.39 is 15.4 Å². The first kappa shape index (κ1) is 26.8. The Morgan fingerprint density at radius 3 is 2.57 bits per heavy atom. The van der Waals surface area contributed by atoms with Crippen molar-refractivity contribution < 1.29 is 27.4 Å². The molecule has 0 saturated heterocycles. The SMILES string of the molecule is COCCOCCS(=O)(=O)Cc1ccc(Nc2ncc3c(n2)CN(C(=O)OC(C)(C)C)CC3)cc1. The molecule has 0 atom stereocenters. The number of sulfone groups is 1. The summed E-state index contributed by atoms with van der Waals surface area (Å²) in [5.41, 5.74) is 2.64. The summed E-state index contributed by atoms with van der Waals surface area (Å²) in [5.74, 6) is 0.305. The fourth-order valence-corrected chi connectivity index (χ4v) is 4.63. The summed E-state index contributed by atoms with van der Waals surface area (Å²) in [6.07, 6.45) is 2.07. The number of carbonyl (C=O) groups is 1. The molecule has 1 aliphatic heterocycles. The summed E-state index contributed by atoms with van der Waals surface area (Å²) in [7, 11) is -1.72. The van der Waals surface area contributed by atoms with Crippen LogP contribution in [0, 0.1) is 0 Å². The largest absolute Gasteiger partial charge is 0.444 e. The lowest BCUT2D eigenvalue weighted by Gasteiger charge is -2.30. The van der Waals surface area contributed by atoms with Crippen molar-refractivity contribution in [1.29, 1.82) is 0 Å². The van der Waals surface area contributed by atoms with Crippen LogP contribution in [-0.4, -0.2) is 74.2 Å². The minimum Gasteiger partial charge on any atom is -0.444 e. The lowest BCUT2D eigenvalue weighted by atomic mass is 10.1. The van der Waals surface area contributed by atoms with Crippen LogP contribution in [0.15, 0.2) is 30.5 Å². The first-order valence-electron chi connectivity index (χ1n) is 11.5. The molecular formula is C24H34N4O6S. The Kier molecular flexibility index (Phi) is 9.03. The van der Waals surface area contributed by atoms with Crippen LogP contribution in [-0.2, 0) is 42.8 Å². The van der Waals surface area contributed by atoms with Crippen molar-refractivity contribution in [3.63, 3.8) is 0 Å². The van der Waals surface area contributed by atoms with Crippen LogP contribution >= 0.6 is 0 Å². The number of nitrogens with zero attached hydrogens (tertiary/aromatic N) is 3. The molecule has 0 fully saturated rings. The molecule has 2 heterocycles. The first-order valence-corrected chi connectivity index (χ1v) is 13.3. The lowest BCUT2D eigenvalue weighted by Crippen LogP contribution is -2.40. The van der Waals surface area contributed by atoms with Gasteiger partial charge in [0, 0.05) is 25.5 Å². The van der Waals surface area contributed by atoms with Crippen LogP contribution in [0.1, 0.15) is 37.6 Å². The van der Waals surface area contributed by atoms with E-state index in [-0.39, 0.29) is 24.2 Å². The molecule has 1 N–H and O–H groups in total. The van der Waals surface area contributed by atoms with Crippen molar-refractivity contribution in [2.75, 3.05) is 44.5 Å². The van der Waals surface area contributed by atoms with Gasteiger partial charge in [-0.2, -0.15) is 0 Å². The summed E-state index contributed by atoms with van der Waals surface area (Å²) in [5, 5.41) is 3.14. The topological polar surface area (TPSA) is 120 Å². The average molecular weight is 507 g/mol. The van der Waals surface area contributed by atoms with E-state index in [1.54, 1.807) is 42.5 Å². The number of carbonyl (C=O) groups excluding carboxylic acids is 1. The Morgan fingerprint density at radius 2 is 1.89 bits per heavy atom. The Labute approximate surface area is 206 Å². The average Bonchev–Trinajstić information content (AvgIpc) is 2.78. The monoisotopic (exact) mass is 506 g/mol. The smallest absolute Gasteiger partial charge is 0.410 e. The van der Waals surface area contributed by atoms with Crippen LogP contribution in [0.3, 0.4) is 0 Å². The van der Waals surface area contributed by atoms with E-state index in [1.165, 1.54) is 0 Å². The summed E-state index contributed by atoms with van der Waals surface area (Å²) in [4.78, 5) is 23.0. The van der Waals surface area contributed by atoms with Gasteiger partial charge < -0.3 is 24.4 Å². The maximum absolute atomic E-state index is 12.4. The van der Waals surface area contributed by atoms with Crippen molar-refractivity contribution in [2.24, 2.45) is 0 Å². The van der Waals surface area contributed by atoms with Crippen molar-refractivity contribution in [3.05, 3.63) is 47.3 Å². The third-order valence-electron chi connectivity index (χ3n) is 5.16. The molecule has 0 radical (unpaired) electrons. The van der Waals surface area contributed by atoms with Crippen molar-refractivity contribution in [1.82, 2.24) is 14.9 Å². The molecule has 0 saturated carbocycles. The van der Waals surface area contributed by atoms with Crippen molar-refractivity contribution in [3.8, 4) is 0 Å². The summed E-state index contributed by atoms with van der Waals surface area (Å²) in [6, 6.07) is 7.09. The van der Waals surface area contributed by atoms with Crippen LogP contribution < -0.4 is 5.32 Å². The number of ether oxygens (including phenoxy) is 3. The highest BCUT2D eigenvalue weighted by Crippen LogP contribution is 2.22. The molecule has 3 rings (SSSR count). The molecule has 1 aromatic carbocycles. The van der Waals surface area contributed by atoms with Gasteiger partial charge in [0.1, 0.15) is 5.60 Å². The van der Waals surface area contributed by atoms with Crippen molar-refractivity contribution >= 4 is 27.6 Å². The maximum Gasteiger partial charge on any atom is 0.410 e. The summed E-state index contributed by atoms with van der Waals surface area (Å²) < 4.78 is 40.2. The molecule has 0 bridgehead atoms. The second-order valence-electron chi connectivity index (χ2n) is 9.34. The number of hydrogen-bond donors (Lipinski definition) is 1. The second kappa shape index (κ2) is 11.8. The highest BCUT2D eigenvalue weighted by molar-refractivity contribution is 7.90. The van der Waals surface area contributed by atoms with E-state index in [0.717, 1.165) is 16.9 Å². The van der Waals surface area contributed by atoms with E-state index in [2.05, 4.69) is 15.3 Å². The van der Waals surface area contributed by atoms with Crippen LogP contribution in [0.25, 0.3) is 0 Å². The number of fused-ring (bicyclic) bond motifs is 1. The molecule has 10 nitrogen and oxygen atoms in total. The Balaban J connectivity index is 1.57. The first-order chi connectivity index (χ1) is 16.5. The van der Waals surface area contributed by atoms with Crippen molar-refractivity contribution in [2.45, 2.75) is 45.1 Å². The quantitative estimate of drug-likeness (QED) is 0.485. The van der Waals surface area contributed by atoms with Crippen LogP contribution in [0.4, 0.5) is 16.4 Å². The van der Waals surface area contributed by atoms with Gasteiger partial charge in [-0.3, -0.25) is 0 Å². The molecule has 35 heavy (non-hydrogen) atoms. The predicted octanol–water partition coefficient (Wildman–Crippen LogP) is 3.09. The molecular weight excluding hydrogens is 472 g/mol. The number of aromatic nitrogens is 2. The van der Waals surface area contributed by atoms with Gasteiger partial charge in [-0.05, 0) is 50.5 Å². The van der Waals surface area contributed by atoms with E-state index in [0.29, 0.717) is 44.2 Å². The highest BCUT2D eigenvalue weighted by atomic mass is 32.2. The fourth-order valence-electron chi connectivity index (χ4n) is 3.42. The second-order valence-corrected chi connectivity index (χ2v) is 11.5. The van der Waals surface area contributed by atoms with Gasteiger partial charge in [-0.25, -0.2) is 23.2 Å². The molecule has 1 amide bonds. The predicted molar refractivity (Wildman–Crippen MR) is 132 cm³/mol. The summed E-state index contributed by atoms with van der Waals surface area (Å²) in [6.45, 7) is 7.38. The Morgan fingerprint density at radius 1 is 1.14 bits per heavy atom. The third kappa shape index (κ3) is 8.75. The number of rotatable bonds is 10. The molecule has 1 aliphatic rings. The van der Waals surface area contributed by atoms with Gasteiger partial charge in [-0.1, -0.05) is 12.1 Å². The zero-order valence-electron chi connectivity index (χ0n) is 20.7. The fraction of sp³-hybridized carbons (Fsp3) is 0.542. The van der Waals surface area contributed by atoms with Gasteiger partial charge in [0.05, 0.1) is 43.6 Å². The molecule has 2 aromatic rings.